The molecule has 3 rings (SSSR count). The molecule has 0 saturated carbocycles. The minimum absolute atomic E-state index is 0.175. The molecule has 0 spiro atoms. The second kappa shape index (κ2) is 5.43. The Balaban J connectivity index is 2.45. The van der Waals surface area contributed by atoms with Crippen LogP contribution in [0.3, 0.4) is 0 Å². The van der Waals surface area contributed by atoms with Gasteiger partial charge in [-0.3, -0.25) is 4.79 Å². The predicted molar refractivity (Wildman–Crippen MR) is 87.7 cm³/mol. The van der Waals surface area contributed by atoms with Gasteiger partial charge in [0.25, 0.3) is 0 Å². The van der Waals surface area contributed by atoms with Crippen molar-refractivity contribution in [1.29, 1.82) is 0 Å². The van der Waals surface area contributed by atoms with Crippen molar-refractivity contribution < 1.29 is 9.21 Å². The molecule has 0 fully saturated rings. The lowest BCUT2D eigenvalue weighted by Gasteiger charge is -2.10. The van der Waals surface area contributed by atoms with Crippen molar-refractivity contribution in [2.45, 2.75) is 13.8 Å². The van der Waals surface area contributed by atoms with Gasteiger partial charge in [0.15, 0.2) is 11.4 Å². The first-order chi connectivity index (χ1) is 10.5. The highest BCUT2D eigenvalue weighted by Crippen LogP contribution is 2.34. The van der Waals surface area contributed by atoms with Crippen LogP contribution in [0.25, 0.3) is 22.1 Å². The van der Waals surface area contributed by atoms with E-state index in [0.717, 1.165) is 11.1 Å². The van der Waals surface area contributed by atoms with Crippen LogP contribution >= 0.6 is 11.6 Å². The number of benzene rings is 2. The average Bonchev–Trinajstić information content (AvgIpc) is 2.47. The van der Waals surface area contributed by atoms with Crippen LogP contribution in [0.1, 0.15) is 22.8 Å². The lowest BCUT2D eigenvalue weighted by molar-refractivity contribution is 0.101. The summed E-state index contributed by atoms with van der Waals surface area (Å²) in [5.41, 5.74) is 2.72. The van der Waals surface area contributed by atoms with E-state index in [0.29, 0.717) is 21.5 Å². The average molecular weight is 313 g/mol. The molecule has 22 heavy (non-hydrogen) atoms. The van der Waals surface area contributed by atoms with Crippen molar-refractivity contribution in [1.82, 2.24) is 0 Å². The number of carbonyl (C=O) groups is 1. The van der Waals surface area contributed by atoms with Gasteiger partial charge in [-0.05, 0) is 31.5 Å². The summed E-state index contributed by atoms with van der Waals surface area (Å²) in [4.78, 5) is 23.7. The van der Waals surface area contributed by atoms with Gasteiger partial charge in [-0.2, -0.15) is 0 Å². The Hall–Kier alpha value is -2.39. The third-order valence-electron chi connectivity index (χ3n) is 3.58. The number of ketones is 1. The van der Waals surface area contributed by atoms with Gasteiger partial charge >= 0.3 is 5.63 Å². The highest BCUT2D eigenvalue weighted by Gasteiger charge is 2.16. The smallest absolute Gasteiger partial charge is 0.336 e. The van der Waals surface area contributed by atoms with Crippen LogP contribution in [0, 0.1) is 6.92 Å². The van der Waals surface area contributed by atoms with E-state index in [9.17, 15) is 9.59 Å². The van der Waals surface area contributed by atoms with Gasteiger partial charge < -0.3 is 4.42 Å². The molecule has 110 valence electrons. The van der Waals surface area contributed by atoms with Crippen LogP contribution in [0.15, 0.2) is 51.7 Å². The minimum atomic E-state index is -0.507. The first kappa shape index (κ1) is 14.5. The molecular formula is C18H13ClO3. The summed E-state index contributed by atoms with van der Waals surface area (Å²) in [5.74, 6) is -0.175. The van der Waals surface area contributed by atoms with Gasteiger partial charge in [0.2, 0.25) is 0 Å². The van der Waals surface area contributed by atoms with E-state index in [2.05, 4.69) is 0 Å². The zero-order valence-electron chi connectivity index (χ0n) is 12.1. The topological polar surface area (TPSA) is 47.3 Å². The molecule has 4 heteroatoms. The van der Waals surface area contributed by atoms with Crippen LogP contribution in [0.4, 0.5) is 0 Å². The number of carbonyl (C=O) groups excluding carboxylic acids is 1. The largest absolute Gasteiger partial charge is 0.422 e. The fourth-order valence-electron chi connectivity index (χ4n) is 2.47. The fourth-order valence-corrected chi connectivity index (χ4v) is 2.72. The maximum absolute atomic E-state index is 11.9. The fraction of sp³-hybridized carbons (Fsp3) is 0.111. The van der Waals surface area contributed by atoms with Crippen molar-refractivity contribution in [3.63, 3.8) is 0 Å². The zero-order valence-corrected chi connectivity index (χ0v) is 12.9. The second-order valence-electron chi connectivity index (χ2n) is 5.20. The summed E-state index contributed by atoms with van der Waals surface area (Å²) >= 11 is 6.30. The predicted octanol–water partition coefficient (Wildman–Crippen LogP) is 4.62. The van der Waals surface area contributed by atoms with E-state index in [1.165, 1.54) is 13.0 Å². The molecule has 3 aromatic rings. The molecule has 0 amide bonds. The summed E-state index contributed by atoms with van der Waals surface area (Å²) in [6.45, 7) is 3.42. The molecule has 0 atom stereocenters. The molecule has 0 unspecified atom stereocenters. The molecule has 0 bridgehead atoms. The number of Topliss-reactive ketones (excluding diaryl/α,β-unsaturated/α-hetero) is 1. The van der Waals surface area contributed by atoms with Crippen LogP contribution in [0.5, 0.6) is 0 Å². The van der Waals surface area contributed by atoms with Gasteiger partial charge in [0.1, 0.15) is 0 Å². The molecule has 0 saturated heterocycles. The number of aryl methyl sites for hydroxylation is 1. The van der Waals surface area contributed by atoms with Crippen molar-refractivity contribution in [3.05, 3.63) is 69.0 Å². The molecule has 0 aliphatic heterocycles. The molecule has 1 heterocycles. The van der Waals surface area contributed by atoms with E-state index < -0.39 is 5.63 Å². The van der Waals surface area contributed by atoms with Crippen LogP contribution in [-0.4, -0.2) is 5.78 Å². The molecular weight excluding hydrogens is 300 g/mol. The van der Waals surface area contributed by atoms with Crippen LogP contribution in [0.2, 0.25) is 5.02 Å². The summed E-state index contributed by atoms with van der Waals surface area (Å²) in [6, 6.07) is 12.4. The van der Waals surface area contributed by atoms with E-state index in [1.807, 2.05) is 31.2 Å². The lowest BCUT2D eigenvalue weighted by Crippen LogP contribution is -2.02. The SMILES string of the molecule is CC(=O)c1ccc(Cl)c2c(-c3ccc(C)cc3)cc(=O)oc12. The Morgan fingerprint density at radius 3 is 2.41 bits per heavy atom. The molecule has 3 nitrogen and oxygen atoms in total. The van der Waals surface area contributed by atoms with Crippen molar-refractivity contribution in [2.24, 2.45) is 0 Å². The van der Waals surface area contributed by atoms with Gasteiger partial charge in [-0.1, -0.05) is 41.4 Å². The first-order valence-electron chi connectivity index (χ1n) is 6.81. The van der Waals surface area contributed by atoms with Crippen molar-refractivity contribution in [2.75, 3.05) is 0 Å². The Labute approximate surface area is 132 Å². The highest BCUT2D eigenvalue weighted by molar-refractivity contribution is 6.37. The van der Waals surface area contributed by atoms with Gasteiger partial charge in [-0.25, -0.2) is 4.79 Å². The Bertz CT molecular complexity index is 937. The molecule has 0 N–H and O–H groups in total. The van der Waals surface area contributed by atoms with Crippen molar-refractivity contribution in [3.8, 4) is 11.1 Å². The van der Waals surface area contributed by atoms with Gasteiger partial charge in [0, 0.05) is 17.0 Å². The van der Waals surface area contributed by atoms with Gasteiger partial charge in [-0.15, -0.1) is 0 Å². The van der Waals surface area contributed by atoms with Crippen molar-refractivity contribution >= 4 is 28.4 Å². The Morgan fingerprint density at radius 1 is 1.09 bits per heavy atom. The number of halogens is 1. The third-order valence-corrected chi connectivity index (χ3v) is 3.90. The summed E-state index contributed by atoms with van der Waals surface area (Å²) < 4.78 is 5.26. The maximum Gasteiger partial charge on any atom is 0.336 e. The maximum atomic E-state index is 11.9. The number of rotatable bonds is 2. The lowest BCUT2D eigenvalue weighted by atomic mass is 9.98. The Kier molecular flexibility index (Phi) is 3.59. The number of hydrogen-bond acceptors (Lipinski definition) is 3. The summed E-state index contributed by atoms with van der Waals surface area (Å²) in [5, 5.41) is 1.03. The first-order valence-corrected chi connectivity index (χ1v) is 7.19. The molecule has 2 aromatic carbocycles. The normalized spacial score (nSPS) is 10.9. The van der Waals surface area contributed by atoms with Crippen LogP contribution in [-0.2, 0) is 0 Å². The molecule has 0 radical (unpaired) electrons. The highest BCUT2D eigenvalue weighted by atomic mass is 35.5. The minimum Gasteiger partial charge on any atom is -0.422 e. The molecule has 0 aliphatic carbocycles. The van der Waals surface area contributed by atoms with E-state index in [4.69, 9.17) is 16.0 Å². The van der Waals surface area contributed by atoms with Crippen LogP contribution < -0.4 is 5.63 Å². The third kappa shape index (κ3) is 2.44. The number of hydrogen-bond donors (Lipinski definition) is 0. The standard InChI is InChI=1S/C18H13ClO3/c1-10-3-5-12(6-4-10)14-9-16(21)22-18-13(11(2)20)7-8-15(19)17(14)18/h3-9H,1-2H3. The monoisotopic (exact) mass is 312 g/mol. The Morgan fingerprint density at radius 2 is 1.77 bits per heavy atom. The van der Waals surface area contributed by atoms with E-state index in [-0.39, 0.29) is 11.4 Å². The quantitative estimate of drug-likeness (QED) is 0.512. The second-order valence-corrected chi connectivity index (χ2v) is 5.61. The molecule has 0 aliphatic rings. The molecule has 1 aromatic heterocycles. The zero-order chi connectivity index (χ0) is 15.9. The van der Waals surface area contributed by atoms with E-state index >= 15 is 0 Å². The van der Waals surface area contributed by atoms with E-state index in [1.54, 1.807) is 12.1 Å². The summed E-state index contributed by atoms with van der Waals surface area (Å²) in [7, 11) is 0. The van der Waals surface area contributed by atoms with Gasteiger partial charge in [0.05, 0.1) is 10.6 Å². The number of fused-ring (bicyclic) bond motifs is 1. The summed E-state index contributed by atoms with van der Waals surface area (Å²) in [6.07, 6.45) is 0.